The maximum Gasteiger partial charge on any atom is 0.338 e. The van der Waals surface area contributed by atoms with E-state index in [4.69, 9.17) is 30.5 Å². The SMILES string of the molecule is CCCOc1ccc(C(=O)OCCN(CC)CC)cc1N.Cl.NC(N)=O.OO. The summed E-state index contributed by atoms with van der Waals surface area (Å²) in [5, 5.41) is 12.0. The third-order valence-corrected chi connectivity index (χ3v) is 3.24. The van der Waals surface area contributed by atoms with E-state index in [0.717, 1.165) is 26.1 Å². The Kier molecular flexibility index (Phi) is 21.2. The Morgan fingerprint density at radius 1 is 1.07 bits per heavy atom. The van der Waals surface area contributed by atoms with Crippen molar-refractivity contribution in [3.8, 4) is 5.75 Å². The summed E-state index contributed by atoms with van der Waals surface area (Å²) in [4.78, 5) is 23.1. The van der Waals surface area contributed by atoms with Gasteiger partial charge in [-0.1, -0.05) is 20.8 Å². The second kappa shape index (κ2) is 19.5. The maximum atomic E-state index is 11.9. The number of hydrogen-bond acceptors (Lipinski definition) is 8. The van der Waals surface area contributed by atoms with Crippen LogP contribution in [0.15, 0.2) is 18.2 Å². The molecule has 0 atom stereocenters. The second-order valence-corrected chi connectivity index (χ2v) is 5.17. The van der Waals surface area contributed by atoms with E-state index in [1.165, 1.54) is 0 Å². The zero-order chi connectivity index (χ0) is 21.2. The first-order valence-corrected chi connectivity index (χ1v) is 8.52. The molecule has 0 saturated heterocycles. The summed E-state index contributed by atoms with van der Waals surface area (Å²) in [6, 6.07) is 4.16. The van der Waals surface area contributed by atoms with E-state index >= 15 is 0 Å². The van der Waals surface area contributed by atoms with Gasteiger partial charge in [-0.2, -0.15) is 0 Å². The lowest BCUT2D eigenvalue weighted by atomic mass is 10.2. The van der Waals surface area contributed by atoms with Gasteiger partial charge in [-0.25, -0.2) is 9.59 Å². The van der Waals surface area contributed by atoms with Crippen molar-refractivity contribution in [2.75, 3.05) is 38.6 Å². The Morgan fingerprint density at radius 3 is 2.04 bits per heavy atom. The van der Waals surface area contributed by atoms with Crippen LogP contribution in [0.3, 0.4) is 0 Å². The number of carbonyl (C=O) groups excluding carboxylic acids is 2. The molecule has 0 unspecified atom stereocenters. The van der Waals surface area contributed by atoms with Crippen LogP contribution in [0.4, 0.5) is 10.5 Å². The number of nitrogens with two attached hydrogens (primary N) is 3. The largest absolute Gasteiger partial charge is 0.491 e. The van der Waals surface area contributed by atoms with Crippen molar-refractivity contribution in [3.05, 3.63) is 23.8 Å². The number of carbonyl (C=O) groups is 2. The summed E-state index contributed by atoms with van der Waals surface area (Å²) in [6.07, 6.45) is 0.911. The van der Waals surface area contributed by atoms with Gasteiger partial charge in [0.25, 0.3) is 0 Å². The number of amides is 2. The zero-order valence-electron chi connectivity index (χ0n) is 16.6. The third-order valence-electron chi connectivity index (χ3n) is 3.24. The van der Waals surface area contributed by atoms with E-state index in [-0.39, 0.29) is 18.4 Å². The van der Waals surface area contributed by atoms with Crippen molar-refractivity contribution in [1.82, 2.24) is 4.90 Å². The van der Waals surface area contributed by atoms with Gasteiger partial charge >= 0.3 is 12.0 Å². The minimum atomic E-state index is -0.833. The summed E-state index contributed by atoms with van der Waals surface area (Å²) in [5.74, 6) is 0.257. The number of nitrogen functional groups attached to an aromatic ring is 1. The summed E-state index contributed by atoms with van der Waals surface area (Å²) in [7, 11) is 0. The van der Waals surface area contributed by atoms with E-state index in [0.29, 0.717) is 30.2 Å². The fourth-order valence-corrected chi connectivity index (χ4v) is 1.91. The number of anilines is 1. The number of esters is 1. The number of rotatable bonds is 9. The molecule has 0 aliphatic heterocycles. The molecule has 0 spiro atoms. The molecule has 0 heterocycles. The van der Waals surface area contributed by atoms with Gasteiger partial charge in [-0.05, 0) is 37.7 Å². The minimum Gasteiger partial charge on any atom is -0.491 e. The predicted octanol–water partition coefficient (Wildman–Crippen LogP) is 2.02. The normalized spacial score (nSPS) is 9.07. The van der Waals surface area contributed by atoms with Crippen LogP contribution in [0.25, 0.3) is 0 Å². The van der Waals surface area contributed by atoms with Gasteiger partial charge in [0.15, 0.2) is 0 Å². The van der Waals surface area contributed by atoms with Crippen molar-refractivity contribution >= 4 is 30.1 Å². The molecule has 8 N–H and O–H groups in total. The number of urea groups is 1. The molecule has 0 radical (unpaired) electrons. The summed E-state index contributed by atoms with van der Waals surface area (Å²) in [5.41, 5.74) is 15.3. The molecule has 1 rings (SSSR count). The van der Waals surface area contributed by atoms with E-state index in [1.54, 1.807) is 18.2 Å². The molecule has 0 aliphatic carbocycles. The van der Waals surface area contributed by atoms with Gasteiger partial charge in [0, 0.05) is 6.54 Å². The van der Waals surface area contributed by atoms with E-state index in [2.05, 4.69) is 30.2 Å². The molecular weight excluding hydrogens is 392 g/mol. The quantitative estimate of drug-likeness (QED) is 0.173. The topological polar surface area (TPSA) is 174 Å². The molecule has 10 nitrogen and oxygen atoms in total. The molecule has 0 saturated carbocycles. The molecule has 28 heavy (non-hydrogen) atoms. The van der Waals surface area contributed by atoms with Crippen LogP contribution in [0.2, 0.25) is 0 Å². The number of hydrogen-bond donors (Lipinski definition) is 5. The fourth-order valence-electron chi connectivity index (χ4n) is 1.91. The third kappa shape index (κ3) is 14.9. The number of halogens is 1. The van der Waals surface area contributed by atoms with E-state index in [1.807, 2.05) is 6.92 Å². The molecule has 164 valence electrons. The molecule has 1 aromatic carbocycles. The molecule has 0 aliphatic rings. The monoisotopic (exact) mass is 424 g/mol. The van der Waals surface area contributed by atoms with Crippen molar-refractivity contribution in [3.63, 3.8) is 0 Å². The van der Waals surface area contributed by atoms with Crippen LogP contribution < -0.4 is 21.9 Å². The fraction of sp³-hybridized carbons (Fsp3) is 0.529. The highest BCUT2D eigenvalue weighted by molar-refractivity contribution is 5.91. The van der Waals surface area contributed by atoms with Crippen LogP contribution in [0.1, 0.15) is 37.6 Å². The van der Waals surface area contributed by atoms with E-state index in [9.17, 15) is 4.79 Å². The lowest BCUT2D eigenvalue weighted by molar-refractivity contribution is -0.176. The lowest BCUT2D eigenvalue weighted by Gasteiger charge is -2.17. The van der Waals surface area contributed by atoms with Crippen LogP contribution in [-0.2, 0) is 4.74 Å². The van der Waals surface area contributed by atoms with Crippen molar-refractivity contribution in [1.29, 1.82) is 0 Å². The Balaban J connectivity index is -0.000000791. The average Bonchev–Trinajstić information content (AvgIpc) is 2.65. The lowest BCUT2D eigenvalue weighted by Crippen LogP contribution is -2.27. The van der Waals surface area contributed by atoms with Crippen LogP contribution in [-0.4, -0.2) is 60.3 Å². The maximum absolute atomic E-state index is 11.9. The number of primary amides is 2. The van der Waals surface area contributed by atoms with Gasteiger partial charge in [-0.3, -0.25) is 10.5 Å². The highest BCUT2D eigenvalue weighted by atomic mass is 35.5. The smallest absolute Gasteiger partial charge is 0.338 e. The molecular formula is C17H33ClN4O6. The first-order valence-electron chi connectivity index (χ1n) is 8.52. The minimum absolute atomic E-state index is 0. The van der Waals surface area contributed by atoms with Gasteiger partial charge in [-0.15, -0.1) is 12.4 Å². The van der Waals surface area contributed by atoms with Crippen LogP contribution >= 0.6 is 12.4 Å². The van der Waals surface area contributed by atoms with Gasteiger partial charge in [0.1, 0.15) is 12.4 Å². The van der Waals surface area contributed by atoms with Crippen molar-refractivity contribution < 1.29 is 29.6 Å². The molecule has 0 bridgehead atoms. The Morgan fingerprint density at radius 2 is 1.61 bits per heavy atom. The average molecular weight is 425 g/mol. The van der Waals surface area contributed by atoms with Gasteiger partial charge in [0.05, 0.1) is 17.9 Å². The van der Waals surface area contributed by atoms with Crippen molar-refractivity contribution in [2.24, 2.45) is 11.5 Å². The first-order chi connectivity index (χ1) is 12.8. The van der Waals surface area contributed by atoms with Gasteiger partial charge in [0.2, 0.25) is 0 Å². The van der Waals surface area contributed by atoms with E-state index < -0.39 is 6.03 Å². The first kappa shape index (κ1) is 30.5. The van der Waals surface area contributed by atoms with Crippen LogP contribution in [0, 0.1) is 0 Å². The van der Waals surface area contributed by atoms with Crippen LogP contribution in [0.5, 0.6) is 5.75 Å². The highest BCUT2D eigenvalue weighted by Crippen LogP contribution is 2.23. The summed E-state index contributed by atoms with van der Waals surface area (Å²) < 4.78 is 10.7. The second-order valence-electron chi connectivity index (χ2n) is 5.17. The van der Waals surface area contributed by atoms with Crippen molar-refractivity contribution in [2.45, 2.75) is 27.2 Å². The predicted molar refractivity (Wildman–Crippen MR) is 111 cm³/mol. The Hall–Kier alpha value is -2.27. The highest BCUT2D eigenvalue weighted by Gasteiger charge is 2.10. The zero-order valence-corrected chi connectivity index (χ0v) is 17.4. The number of likely N-dealkylation sites (N-methyl/N-ethyl adjacent to an activating group) is 1. The Bertz CT molecular complexity index is 540. The standard InChI is InChI=1S/C16H26N2O3.CH4N2O.ClH.H2O2/c1-4-10-20-15-8-7-13(12-14(15)17)16(19)21-11-9-18(5-2)6-3;2-1(3)4;;1-2/h7-8,12H,4-6,9-11,17H2,1-3H3;(H4,2,3,4);1H;1-2H. The van der Waals surface area contributed by atoms with Gasteiger partial charge < -0.3 is 31.6 Å². The number of benzene rings is 1. The molecule has 1 aromatic rings. The number of ether oxygens (including phenoxy) is 2. The molecule has 2 amide bonds. The molecule has 11 heteroatoms. The molecule has 0 fully saturated rings. The molecule has 0 aromatic heterocycles. The summed E-state index contributed by atoms with van der Waals surface area (Å²) in [6.45, 7) is 9.83. The number of nitrogens with zero attached hydrogens (tertiary/aromatic N) is 1. The summed E-state index contributed by atoms with van der Waals surface area (Å²) >= 11 is 0. The Labute approximate surface area is 171 Å².